The minimum Gasteiger partial charge on any atom is -0.481 e. The number of pyridine rings is 1. The molecule has 0 radical (unpaired) electrons. The molecule has 0 aromatic carbocycles. The van der Waals surface area contributed by atoms with Gasteiger partial charge in [-0.25, -0.2) is 9.78 Å². The number of hydrogen-bond donors (Lipinski definition) is 2. The summed E-state index contributed by atoms with van der Waals surface area (Å²) in [5.74, 6) is -0.738. The highest BCUT2D eigenvalue weighted by atomic mass is 16.5. The third-order valence-electron chi connectivity index (χ3n) is 1.54. The number of hydrogen-bond acceptors (Lipinski definition) is 4. The molecule has 0 saturated heterocycles. The maximum absolute atomic E-state index is 10.4. The molecule has 0 amide bonds. The third kappa shape index (κ3) is 2.48. The summed E-state index contributed by atoms with van der Waals surface area (Å²) in [6, 6.07) is 3.23. The normalized spacial score (nSPS) is 11.1. The highest BCUT2D eigenvalue weighted by molar-refractivity contribution is 5.90. The van der Waals surface area contributed by atoms with Crippen LogP contribution < -0.4 is 10.5 Å². The van der Waals surface area contributed by atoms with Crippen LogP contribution >= 0.6 is 0 Å². The molecule has 0 unspecified atom stereocenters. The molecule has 0 atom stereocenters. The SMILES string of the molecule is COc1cc(/C=C(/N)C(=O)O)ccn1. The minimum absolute atomic E-state index is 0.224. The Morgan fingerprint density at radius 1 is 1.71 bits per heavy atom. The number of ether oxygens (including phenoxy) is 1. The van der Waals surface area contributed by atoms with Crippen molar-refractivity contribution in [1.82, 2.24) is 4.98 Å². The second kappa shape index (κ2) is 4.27. The van der Waals surface area contributed by atoms with E-state index >= 15 is 0 Å². The van der Waals surface area contributed by atoms with Crippen LogP contribution in [-0.2, 0) is 4.79 Å². The van der Waals surface area contributed by atoms with E-state index in [0.29, 0.717) is 11.4 Å². The molecule has 5 nitrogen and oxygen atoms in total. The molecule has 0 aliphatic carbocycles. The van der Waals surface area contributed by atoms with Crippen LogP contribution in [0.25, 0.3) is 6.08 Å². The molecule has 0 fully saturated rings. The van der Waals surface area contributed by atoms with E-state index in [4.69, 9.17) is 15.6 Å². The van der Waals surface area contributed by atoms with Crippen LogP contribution in [0.1, 0.15) is 5.56 Å². The van der Waals surface area contributed by atoms with Crippen LogP contribution in [0.4, 0.5) is 0 Å². The van der Waals surface area contributed by atoms with Gasteiger partial charge in [0.05, 0.1) is 7.11 Å². The Bertz CT molecular complexity index is 374. The first-order valence-corrected chi connectivity index (χ1v) is 3.84. The Kier molecular flexibility index (Phi) is 3.06. The van der Waals surface area contributed by atoms with E-state index in [1.807, 2.05) is 0 Å². The number of carboxylic acid groups (broad SMARTS) is 1. The maximum atomic E-state index is 10.4. The molecule has 1 aromatic heterocycles. The number of rotatable bonds is 3. The van der Waals surface area contributed by atoms with Gasteiger partial charge in [-0.1, -0.05) is 0 Å². The molecular weight excluding hydrogens is 184 g/mol. The average molecular weight is 194 g/mol. The van der Waals surface area contributed by atoms with Gasteiger partial charge in [-0.3, -0.25) is 0 Å². The van der Waals surface area contributed by atoms with Gasteiger partial charge in [-0.2, -0.15) is 0 Å². The number of aromatic nitrogens is 1. The number of methoxy groups -OCH3 is 1. The van der Waals surface area contributed by atoms with Crippen molar-refractivity contribution in [1.29, 1.82) is 0 Å². The topological polar surface area (TPSA) is 85.4 Å². The third-order valence-corrected chi connectivity index (χ3v) is 1.54. The molecule has 74 valence electrons. The van der Waals surface area contributed by atoms with Gasteiger partial charge in [0.1, 0.15) is 5.70 Å². The molecule has 0 bridgehead atoms. The van der Waals surface area contributed by atoms with E-state index in [9.17, 15) is 4.79 Å². The molecule has 5 heteroatoms. The van der Waals surface area contributed by atoms with Crippen LogP contribution in [-0.4, -0.2) is 23.2 Å². The van der Waals surface area contributed by atoms with E-state index in [-0.39, 0.29) is 5.70 Å². The van der Waals surface area contributed by atoms with Crippen molar-refractivity contribution in [3.05, 3.63) is 29.6 Å². The molecule has 14 heavy (non-hydrogen) atoms. The number of nitrogens with two attached hydrogens (primary N) is 1. The molecular formula is C9H10N2O3. The summed E-state index contributed by atoms with van der Waals surface area (Å²) < 4.78 is 4.87. The summed E-state index contributed by atoms with van der Waals surface area (Å²) in [6.07, 6.45) is 2.85. The van der Waals surface area contributed by atoms with Gasteiger partial charge in [-0.15, -0.1) is 0 Å². The lowest BCUT2D eigenvalue weighted by Gasteiger charge is -1.99. The van der Waals surface area contributed by atoms with Crippen molar-refractivity contribution < 1.29 is 14.6 Å². The molecule has 0 spiro atoms. The monoisotopic (exact) mass is 194 g/mol. The van der Waals surface area contributed by atoms with Gasteiger partial charge in [0, 0.05) is 12.3 Å². The lowest BCUT2D eigenvalue weighted by Crippen LogP contribution is -2.09. The van der Waals surface area contributed by atoms with Crippen LogP contribution in [0.2, 0.25) is 0 Å². The lowest BCUT2D eigenvalue weighted by molar-refractivity contribution is -0.132. The molecule has 0 aliphatic rings. The second-order valence-corrected chi connectivity index (χ2v) is 2.54. The summed E-state index contributed by atoms with van der Waals surface area (Å²) >= 11 is 0. The van der Waals surface area contributed by atoms with Crippen LogP contribution in [0.5, 0.6) is 5.88 Å². The Balaban J connectivity index is 2.97. The van der Waals surface area contributed by atoms with Crippen LogP contribution in [0, 0.1) is 0 Å². The highest BCUT2D eigenvalue weighted by Crippen LogP contribution is 2.10. The fourth-order valence-electron chi connectivity index (χ4n) is 0.867. The summed E-state index contributed by atoms with van der Waals surface area (Å²) in [4.78, 5) is 14.3. The lowest BCUT2D eigenvalue weighted by atomic mass is 10.2. The quantitative estimate of drug-likeness (QED) is 0.683. The van der Waals surface area contributed by atoms with E-state index in [0.717, 1.165) is 0 Å². The summed E-state index contributed by atoms with van der Waals surface area (Å²) in [7, 11) is 1.48. The van der Waals surface area contributed by atoms with E-state index in [1.54, 1.807) is 12.1 Å². The molecule has 0 aliphatic heterocycles. The molecule has 0 saturated carbocycles. The first-order chi connectivity index (χ1) is 6.63. The maximum Gasteiger partial charge on any atom is 0.351 e. The number of carboxylic acids is 1. The van der Waals surface area contributed by atoms with Gasteiger partial charge in [0.25, 0.3) is 0 Å². The van der Waals surface area contributed by atoms with Gasteiger partial charge in [0.15, 0.2) is 0 Å². The van der Waals surface area contributed by atoms with Crippen molar-refractivity contribution in [3.63, 3.8) is 0 Å². The number of nitrogens with zero attached hydrogens (tertiary/aromatic N) is 1. The number of aliphatic carboxylic acids is 1. The fourth-order valence-corrected chi connectivity index (χ4v) is 0.867. The van der Waals surface area contributed by atoms with E-state index in [1.165, 1.54) is 19.4 Å². The van der Waals surface area contributed by atoms with Crippen LogP contribution in [0.15, 0.2) is 24.0 Å². The Morgan fingerprint density at radius 3 is 3.00 bits per heavy atom. The predicted molar refractivity (Wildman–Crippen MR) is 50.6 cm³/mol. The number of carbonyl (C=O) groups is 1. The zero-order valence-corrected chi connectivity index (χ0v) is 7.60. The fraction of sp³-hybridized carbons (Fsp3) is 0.111. The highest BCUT2D eigenvalue weighted by Gasteiger charge is 2.01. The largest absolute Gasteiger partial charge is 0.481 e. The van der Waals surface area contributed by atoms with Crippen molar-refractivity contribution >= 4 is 12.0 Å². The molecule has 1 rings (SSSR count). The Morgan fingerprint density at radius 2 is 2.43 bits per heavy atom. The van der Waals surface area contributed by atoms with Crippen molar-refractivity contribution in [2.45, 2.75) is 0 Å². The van der Waals surface area contributed by atoms with Crippen LogP contribution in [0.3, 0.4) is 0 Å². The first kappa shape index (κ1) is 10.0. The van der Waals surface area contributed by atoms with Crippen molar-refractivity contribution in [2.75, 3.05) is 7.11 Å². The second-order valence-electron chi connectivity index (χ2n) is 2.54. The molecule has 1 aromatic rings. The Hall–Kier alpha value is -2.04. The standard InChI is InChI=1S/C9H10N2O3/c1-14-8-5-6(2-3-11-8)4-7(10)9(12)13/h2-5H,10H2,1H3,(H,12,13)/b7-4+. The van der Waals surface area contributed by atoms with Gasteiger partial charge in [-0.05, 0) is 17.7 Å². The summed E-state index contributed by atoms with van der Waals surface area (Å²) in [6.45, 7) is 0. The van der Waals surface area contributed by atoms with E-state index in [2.05, 4.69) is 4.98 Å². The van der Waals surface area contributed by atoms with Crippen molar-refractivity contribution in [3.8, 4) is 5.88 Å². The Labute approximate surface area is 80.8 Å². The van der Waals surface area contributed by atoms with Gasteiger partial charge < -0.3 is 15.6 Å². The minimum atomic E-state index is -1.15. The predicted octanol–water partition coefficient (Wildman–Crippen LogP) is 0.474. The summed E-state index contributed by atoms with van der Waals surface area (Å²) in [5, 5.41) is 8.53. The molecule has 3 N–H and O–H groups in total. The summed E-state index contributed by atoms with van der Waals surface area (Å²) in [5.41, 5.74) is 5.65. The average Bonchev–Trinajstić information content (AvgIpc) is 2.18. The smallest absolute Gasteiger partial charge is 0.351 e. The van der Waals surface area contributed by atoms with Gasteiger partial charge in [0.2, 0.25) is 5.88 Å². The van der Waals surface area contributed by atoms with Gasteiger partial charge >= 0.3 is 5.97 Å². The zero-order valence-electron chi connectivity index (χ0n) is 7.60. The molecule has 1 heterocycles. The van der Waals surface area contributed by atoms with E-state index < -0.39 is 5.97 Å². The first-order valence-electron chi connectivity index (χ1n) is 3.84. The zero-order chi connectivity index (χ0) is 10.6. The van der Waals surface area contributed by atoms with Crippen molar-refractivity contribution in [2.24, 2.45) is 5.73 Å².